The molecule has 2 rings (SSSR count). The van der Waals surface area contributed by atoms with E-state index in [2.05, 4.69) is 4.98 Å². The molecule has 1 heterocycles. The molecule has 1 fully saturated rings. The Hall–Kier alpha value is -0.600. The van der Waals surface area contributed by atoms with E-state index in [1.807, 2.05) is 0 Å². The molecule has 0 unspecified atom stereocenters. The van der Waals surface area contributed by atoms with Gasteiger partial charge < -0.3 is 0 Å². The highest BCUT2D eigenvalue weighted by atomic mass is 35.5. The third kappa shape index (κ3) is 1.69. The Morgan fingerprint density at radius 1 is 1.46 bits per heavy atom. The minimum absolute atomic E-state index is 0.0208. The minimum Gasteiger partial charge on any atom is -0.292 e. The summed E-state index contributed by atoms with van der Waals surface area (Å²) in [5.41, 5.74) is 0.316. The van der Waals surface area contributed by atoms with Crippen LogP contribution in [0.5, 0.6) is 0 Å². The second kappa shape index (κ2) is 3.28. The molecule has 1 aromatic heterocycles. The molecule has 0 aliphatic heterocycles. The van der Waals surface area contributed by atoms with Gasteiger partial charge in [-0.2, -0.15) is 0 Å². The normalized spacial score (nSPS) is 15.8. The Morgan fingerprint density at radius 2 is 2.15 bits per heavy atom. The molecule has 1 aromatic rings. The molecule has 68 valence electrons. The largest absolute Gasteiger partial charge is 0.292 e. The van der Waals surface area contributed by atoms with Crippen molar-refractivity contribution in [3.63, 3.8) is 0 Å². The van der Waals surface area contributed by atoms with Gasteiger partial charge >= 0.3 is 0 Å². The van der Waals surface area contributed by atoms with Crippen molar-refractivity contribution in [2.45, 2.75) is 12.8 Å². The summed E-state index contributed by atoms with van der Waals surface area (Å²) in [6, 6.07) is 1.58. The van der Waals surface area contributed by atoms with E-state index in [-0.39, 0.29) is 16.7 Å². The molecule has 0 radical (unpaired) electrons. The first-order valence-electron chi connectivity index (χ1n) is 4.04. The van der Waals surface area contributed by atoms with Crippen LogP contribution in [0.25, 0.3) is 0 Å². The summed E-state index contributed by atoms with van der Waals surface area (Å²) in [6.45, 7) is 0. The van der Waals surface area contributed by atoms with E-state index in [1.54, 1.807) is 6.07 Å². The lowest BCUT2D eigenvalue weighted by Crippen LogP contribution is -2.04. The van der Waals surface area contributed by atoms with Crippen LogP contribution in [-0.2, 0) is 0 Å². The topological polar surface area (TPSA) is 30.0 Å². The SMILES string of the molecule is O=C(c1nccc(Cl)c1Cl)C1CC1. The van der Waals surface area contributed by atoms with Gasteiger partial charge in [0.1, 0.15) is 5.69 Å². The number of rotatable bonds is 2. The van der Waals surface area contributed by atoms with Crippen LogP contribution < -0.4 is 0 Å². The van der Waals surface area contributed by atoms with E-state index < -0.39 is 0 Å². The molecular formula is C9H7Cl2NO. The van der Waals surface area contributed by atoms with Crippen LogP contribution in [0.2, 0.25) is 10.0 Å². The van der Waals surface area contributed by atoms with E-state index in [1.165, 1.54) is 6.20 Å². The second-order valence-electron chi connectivity index (χ2n) is 3.09. The number of ketones is 1. The number of hydrogen-bond donors (Lipinski definition) is 0. The van der Waals surface area contributed by atoms with E-state index in [0.717, 1.165) is 12.8 Å². The maximum atomic E-state index is 11.6. The first-order chi connectivity index (χ1) is 6.20. The predicted molar refractivity (Wildman–Crippen MR) is 51.3 cm³/mol. The molecular weight excluding hydrogens is 209 g/mol. The van der Waals surface area contributed by atoms with Crippen molar-refractivity contribution in [1.82, 2.24) is 4.98 Å². The maximum Gasteiger partial charge on any atom is 0.185 e. The quantitative estimate of drug-likeness (QED) is 0.711. The van der Waals surface area contributed by atoms with Crippen molar-refractivity contribution in [2.24, 2.45) is 5.92 Å². The monoisotopic (exact) mass is 215 g/mol. The van der Waals surface area contributed by atoms with Crippen molar-refractivity contribution < 1.29 is 4.79 Å². The van der Waals surface area contributed by atoms with Gasteiger partial charge in [-0.15, -0.1) is 0 Å². The Morgan fingerprint density at radius 3 is 2.77 bits per heavy atom. The number of hydrogen-bond acceptors (Lipinski definition) is 2. The van der Waals surface area contributed by atoms with Crippen molar-refractivity contribution in [3.8, 4) is 0 Å². The molecule has 0 spiro atoms. The third-order valence-electron chi connectivity index (χ3n) is 2.02. The molecule has 4 heteroatoms. The number of nitrogens with zero attached hydrogens (tertiary/aromatic N) is 1. The zero-order chi connectivity index (χ0) is 9.42. The minimum atomic E-state index is 0.0208. The maximum absolute atomic E-state index is 11.6. The summed E-state index contributed by atoms with van der Waals surface area (Å²) in [4.78, 5) is 15.5. The first kappa shape index (κ1) is 8.97. The molecule has 0 aromatic carbocycles. The number of carbonyl (C=O) groups is 1. The van der Waals surface area contributed by atoms with Crippen LogP contribution >= 0.6 is 23.2 Å². The predicted octanol–water partition coefficient (Wildman–Crippen LogP) is 2.98. The molecule has 0 amide bonds. The highest BCUT2D eigenvalue weighted by molar-refractivity contribution is 6.43. The number of halogens is 2. The van der Waals surface area contributed by atoms with Gasteiger partial charge in [-0.1, -0.05) is 23.2 Å². The van der Waals surface area contributed by atoms with Gasteiger partial charge in [0.2, 0.25) is 0 Å². The van der Waals surface area contributed by atoms with E-state index in [9.17, 15) is 4.79 Å². The molecule has 13 heavy (non-hydrogen) atoms. The Balaban J connectivity index is 2.38. The average Bonchev–Trinajstić information content (AvgIpc) is 2.91. The van der Waals surface area contributed by atoms with E-state index in [4.69, 9.17) is 23.2 Å². The molecule has 1 aliphatic rings. The molecule has 2 nitrogen and oxygen atoms in total. The zero-order valence-corrected chi connectivity index (χ0v) is 8.27. The fraction of sp³-hybridized carbons (Fsp3) is 0.333. The van der Waals surface area contributed by atoms with Crippen molar-refractivity contribution in [1.29, 1.82) is 0 Å². The van der Waals surface area contributed by atoms with Crippen LogP contribution in [0.3, 0.4) is 0 Å². The van der Waals surface area contributed by atoms with Gasteiger partial charge in [-0.05, 0) is 18.9 Å². The number of carbonyl (C=O) groups excluding carboxylic acids is 1. The number of aromatic nitrogens is 1. The van der Waals surface area contributed by atoms with Crippen LogP contribution in [0.1, 0.15) is 23.3 Å². The van der Waals surface area contributed by atoms with Crippen LogP contribution in [0, 0.1) is 5.92 Å². The summed E-state index contributed by atoms with van der Waals surface area (Å²) < 4.78 is 0. The number of Topliss-reactive ketones (excluding diaryl/α,β-unsaturated/α-hetero) is 1. The van der Waals surface area contributed by atoms with Gasteiger partial charge in [-0.3, -0.25) is 9.78 Å². The van der Waals surface area contributed by atoms with Gasteiger partial charge in [0.05, 0.1) is 10.0 Å². The molecule has 0 N–H and O–H groups in total. The summed E-state index contributed by atoms with van der Waals surface area (Å²) in [6.07, 6.45) is 3.40. The van der Waals surface area contributed by atoms with Crippen LogP contribution in [-0.4, -0.2) is 10.8 Å². The van der Waals surface area contributed by atoms with E-state index >= 15 is 0 Å². The summed E-state index contributed by atoms with van der Waals surface area (Å²) in [5.74, 6) is 0.149. The van der Waals surface area contributed by atoms with Crippen molar-refractivity contribution in [2.75, 3.05) is 0 Å². The van der Waals surface area contributed by atoms with Crippen LogP contribution in [0.15, 0.2) is 12.3 Å². The number of pyridine rings is 1. The Bertz CT molecular complexity index is 361. The first-order valence-corrected chi connectivity index (χ1v) is 4.80. The van der Waals surface area contributed by atoms with Gasteiger partial charge in [0.15, 0.2) is 5.78 Å². The lowest BCUT2D eigenvalue weighted by molar-refractivity contribution is 0.0963. The van der Waals surface area contributed by atoms with Crippen molar-refractivity contribution in [3.05, 3.63) is 28.0 Å². The zero-order valence-electron chi connectivity index (χ0n) is 6.76. The van der Waals surface area contributed by atoms with Gasteiger partial charge in [-0.25, -0.2) is 0 Å². The fourth-order valence-corrected chi connectivity index (χ4v) is 1.48. The highest BCUT2D eigenvalue weighted by Crippen LogP contribution is 2.35. The standard InChI is InChI=1S/C9H7Cl2NO/c10-6-3-4-12-8(7(6)11)9(13)5-1-2-5/h3-5H,1-2H2. The average molecular weight is 216 g/mol. The second-order valence-corrected chi connectivity index (χ2v) is 3.88. The molecule has 0 saturated heterocycles. The molecule has 0 atom stereocenters. The fourth-order valence-electron chi connectivity index (χ4n) is 1.13. The Kier molecular flexibility index (Phi) is 2.26. The smallest absolute Gasteiger partial charge is 0.185 e. The van der Waals surface area contributed by atoms with Crippen molar-refractivity contribution >= 4 is 29.0 Å². The molecule has 1 saturated carbocycles. The summed E-state index contributed by atoms with van der Waals surface area (Å²) in [7, 11) is 0. The molecule has 1 aliphatic carbocycles. The van der Waals surface area contributed by atoms with E-state index in [0.29, 0.717) is 10.7 Å². The third-order valence-corrected chi connectivity index (χ3v) is 2.82. The lowest BCUT2D eigenvalue weighted by Gasteiger charge is -2.01. The van der Waals surface area contributed by atoms with Gasteiger partial charge in [0, 0.05) is 12.1 Å². The summed E-state index contributed by atoms with van der Waals surface area (Å²) >= 11 is 11.6. The van der Waals surface area contributed by atoms with Gasteiger partial charge in [0.25, 0.3) is 0 Å². The molecule has 0 bridgehead atoms. The Labute approximate surface area is 85.9 Å². The highest BCUT2D eigenvalue weighted by Gasteiger charge is 2.32. The lowest BCUT2D eigenvalue weighted by atomic mass is 10.2. The summed E-state index contributed by atoms with van der Waals surface area (Å²) in [5, 5.41) is 0.668. The van der Waals surface area contributed by atoms with Crippen LogP contribution in [0.4, 0.5) is 0 Å².